The predicted molar refractivity (Wildman–Crippen MR) is 101 cm³/mol. The topological polar surface area (TPSA) is 62.7 Å². The van der Waals surface area contributed by atoms with E-state index in [-0.39, 0.29) is 11.8 Å². The van der Waals surface area contributed by atoms with E-state index in [2.05, 4.69) is 4.98 Å². The number of carbonyl (C=O) groups is 2. The summed E-state index contributed by atoms with van der Waals surface area (Å²) in [5.74, 6) is -0.282. The number of thiazole rings is 1. The third-order valence-corrected chi connectivity index (χ3v) is 5.42. The Morgan fingerprint density at radius 2 is 1.81 bits per heavy atom. The van der Waals surface area contributed by atoms with Gasteiger partial charge in [0.25, 0.3) is 11.8 Å². The highest BCUT2D eigenvalue weighted by molar-refractivity contribution is 7.09. The van der Waals surface area contributed by atoms with Gasteiger partial charge in [-0.2, -0.15) is 0 Å². The van der Waals surface area contributed by atoms with Crippen molar-refractivity contribution < 1.29 is 14.3 Å². The highest BCUT2D eigenvalue weighted by Gasteiger charge is 2.27. The fraction of sp³-hybridized carbons (Fsp3) is 0.353. The Morgan fingerprint density at radius 3 is 2.42 bits per heavy atom. The molecule has 1 aromatic heterocycles. The van der Waals surface area contributed by atoms with Gasteiger partial charge in [-0.05, 0) is 18.2 Å². The summed E-state index contributed by atoms with van der Waals surface area (Å²) in [4.78, 5) is 32.9. The first-order valence-corrected chi connectivity index (χ1v) is 9.60. The van der Waals surface area contributed by atoms with Crippen molar-refractivity contribution in [2.24, 2.45) is 0 Å². The van der Waals surface area contributed by atoms with Gasteiger partial charge >= 0.3 is 0 Å². The number of hydrogen-bond donors (Lipinski definition) is 0. The number of nitrogens with zero attached hydrogens (tertiary/aromatic N) is 3. The molecule has 1 fully saturated rings. The summed E-state index contributed by atoms with van der Waals surface area (Å²) >= 11 is 13.4. The SMILES string of the molecule is COCc1nc(C(=O)N2CCN(C(=O)c3ccc(Cl)cc3Cl)CC2)cs1. The van der Waals surface area contributed by atoms with Gasteiger partial charge in [-0.1, -0.05) is 23.2 Å². The number of ether oxygens (including phenoxy) is 1. The van der Waals surface area contributed by atoms with E-state index in [0.29, 0.717) is 54.1 Å². The lowest BCUT2D eigenvalue weighted by Crippen LogP contribution is -2.50. The molecule has 26 heavy (non-hydrogen) atoms. The second kappa shape index (κ2) is 8.35. The second-order valence-electron chi connectivity index (χ2n) is 5.77. The van der Waals surface area contributed by atoms with E-state index in [1.54, 1.807) is 40.5 Å². The van der Waals surface area contributed by atoms with Crippen LogP contribution < -0.4 is 0 Å². The average molecular weight is 414 g/mol. The van der Waals surface area contributed by atoms with Crippen LogP contribution >= 0.6 is 34.5 Å². The van der Waals surface area contributed by atoms with Gasteiger partial charge in [-0.3, -0.25) is 9.59 Å². The highest BCUT2D eigenvalue weighted by Crippen LogP contribution is 2.23. The van der Waals surface area contributed by atoms with Crippen molar-refractivity contribution >= 4 is 46.4 Å². The lowest BCUT2D eigenvalue weighted by atomic mass is 10.1. The lowest BCUT2D eigenvalue weighted by molar-refractivity contribution is 0.0532. The van der Waals surface area contributed by atoms with E-state index < -0.39 is 0 Å². The van der Waals surface area contributed by atoms with Crippen LogP contribution in [-0.2, 0) is 11.3 Å². The third-order valence-electron chi connectivity index (χ3n) is 4.05. The summed E-state index contributed by atoms with van der Waals surface area (Å²) < 4.78 is 5.03. The van der Waals surface area contributed by atoms with Crippen molar-refractivity contribution in [3.8, 4) is 0 Å². The maximum absolute atomic E-state index is 12.6. The largest absolute Gasteiger partial charge is 0.378 e. The normalized spacial score (nSPS) is 14.6. The van der Waals surface area contributed by atoms with Gasteiger partial charge < -0.3 is 14.5 Å². The van der Waals surface area contributed by atoms with Crippen molar-refractivity contribution in [3.05, 3.63) is 49.9 Å². The maximum Gasteiger partial charge on any atom is 0.273 e. The summed E-state index contributed by atoms with van der Waals surface area (Å²) in [5, 5.41) is 3.32. The molecule has 138 valence electrons. The van der Waals surface area contributed by atoms with E-state index in [4.69, 9.17) is 27.9 Å². The van der Waals surface area contributed by atoms with Crippen LogP contribution in [0.3, 0.4) is 0 Å². The Kier molecular flexibility index (Phi) is 6.13. The zero-order chi connectivity index (χ0) is 18.7. The summed E-state index contributed by atoms with van der Waals surface area (Å²) in [5.41, 5.74) is 0.835. The Morgan fingerprint density at radius 1 is 1.15 bits per heavy atom. The first kappa shape index (κ1) is 19.1. The quantitative estimate of drug-likeness (QED) is 0.771. The number of hydrogen-bond acceptors (Lipinski definition) is 5. The van der Waals surface area contributed by atoms with Crippen LogP contribution in [0.15, 0.2) is 23.6 Å². The minimum absolute atomic E-state index is 0.125. The smallest absolute Gasteiger partial charge is 0.273 e. The number of amides is 2. The number of aromatic nitrogens is 1. The zero-order valence-electron chi connectivity index (χ0n) is 14.1. The standard InChI is InChI=1S/C17H17Cl2N3O3S/c1-25-9-15-20-14(10-26-15)17(24)22-6-4-21(5-7-22)16(23)12-3-2-11(18)8-13(12)19/h2-3,8,10H,4-7,9H2,1H3. The molecule has 1 aliphatic heterocycles. The number of carbonyl (C=O) groups excluding carboxylic acids is 2. The number of methoxy groups -OCH3 is 1. The molecule has 1 saturated heterocycles. The molecule has 0 N–H and O–H groups in total. The minimum Gasteiger partial charge on any atom is -0.378 e. The molecule has 0 saturated carbocycles. The Bertz CT molecular complexity index is 819. The summed E-state index contributed by atoms with van der Waals surface area (Å²) in [6.45, 7) is 2.18. The van der Waals surface area contributed by atoms with Crippen molar-refractivity contribution in [1.29, 1.82) is 0 Å². The number of piperazine rings is 1. The first-order chi connectivity index (χ1) is 12.5. The van der Waals surface area contributed by atoms with Gasteiger partial charge in [0, 0.05) is 43.7 Å². The summed E-state index contributed by atoms with van der Waals surface area (Å²) in [6.07, 6.45) is 0. The molecule has 1 aliphatic rings. The van der Waals surface area contributed by atoms with Gasteiger partial charge in [0.15, 0.2) is 0 Å². The molecule has 6 nitrogen and oxygen atoms in total. The molecule has 2 aromatic rings. The van der Waals surface area contributed by atoms with E-state index in [0.717, 1.165) is 5.01 Å². The van der Waals surface area contributed by atoms with Crippen LogP contribution in [0.1, 0.15) is 25.9 Å². The third kappa shape index (κ3) is 4.17. The first-order valence-electron chi connectivity index (χ1n) is 7.96. The second-order valence-corrected chi connectivity index (χ2v) is 7.55. The molecular formula is C17H17Cl2N3O3S. The Balaban J connectivity index is 1.61. The van der Waals surface area contributed by atoms with E-state index >= 15 is 0 Å². The van der Waals surface area contributed by atoms with Crippen molar-refractivity contribution in [3.63, 3.8) is 0 Å². The Hall–Kier alpha value is -1.67. The monoisotopic (exact) mass is 413 g/mol. The van der Waals surface area contributed by atoms with Crippen molar-refractivity contribution in [1.82, 2.24) is 14.8 Å². The molecule has 9 heteroatoms. The van der Waals surface area contributed by atoms with Crippen molar-refractivity contribution in [2.75, 3.05) is 33.3 Å². The van der Waals surface area contributed by atoms with Crippen LogP contribution in [-0.4, -0.2) is 59.9 Å². The molecule has 2 amide bonds. The molecular weight excluding hydrogens is 397 g/mol. The lowest BCUT2D eigenvalue weighted by Gasteiger charge is -2.34. The molecule has 0 bridgehead atoms. The number of rotatable bonds is 4. The van der Waals surface area contributed by atoms with E-state index in [9.17, 15) is 9.59 Å². The van der Waals surface area contributed by atoms with Crippen LogP contribution in [0.5, 0.6) is 0 Å². The van der Waals surface area contributed by atoms with Gasteiger partial charge in [0.2, 0.25) is 0 Å². The zero-order valence-corrected chi connectivity index (χ0v) is 16.4. The predicted octanol–water partition coefficient (Wildman–Crippen LogP) is 3.19. The number of halogens is 2. The molecule has 0 radical (unpaired) electrons. The maximum atomic E-state index is 12.6. The van der Waals surface area contributed by atoms with Gasteiger partial charge in [0.1, 0.15) is 10.7 Å². The molecule has 0 unspecified atom stereocenters. The average Bonchev–Trinajstić information content (AvgIpc) is 3.10. The van der Waals surface area contributed by atoms with Gasteiger partial charge in [0.05, 0.1) is 17.2 Å². The van der Waals surface area contributed by atoms with Crippen LogP contribution in [0.2, 0.25) is 10.0 Å². The molecule has 0 aliphatic carbocycles. The van der Waals surface area contributed by atoms with Gasteiger partial charge in [-0.25, -0.2) is 4.98 Å². The molecule has 0 atom stereocenters. The number of benzene rings is 1. The molecule has 3 rings (SSSR count). The van der Waals surface area contributed by atoms with E-state index in [1.165, 1.54) is 11.3 Å². The van der Waals surface area contributed by atoms with Crippen molar-refractivity contribution in [2.45, 2.75) is 6.61 Å². The van der Waals surface area contributed by atoms with Crippen LogP contribution in [0.25, 0.3) is 0 Å². The molecule has 0 spiro atoms. The minimum atomic E-state index is -0.158. The summed E-state index contributed by atoms with van der Waals surface area (Å²) in [6, 6.07) is 4.81. The van der Waals surface area contributed by atoms with E-state index in [1.807, 2.05) is 0 Å². The van der Waals surface area contributed by atoms with Gasteiger partial charge in [-0.15, -0.1) is 11.3 Å². The van der Waals surface area contributed by atoms with Crippen LogP contribution in [0.4, 0.5) is 0 Å². The Labute approximate surface area is 165 Å². The summed E-state index contributed by atoms with van der Waals surface area (Å²) in [7, 11) is 1.59. The molecule has 2 heterocycles. The molecule has 1 aromatic carbocycles. The van der Waals surface area contributed by atoms with Crippen LogP contribution in [0, 0.1) is 0 Å². The fourth-order valence-corrected chi connectivity index (χ4v) is 3.93. The fourth-order valence-electron chi connectivity index (χ4n) is 2.71. The highest BCUT2D eigenvalue weighted by atomic mass is 35.5.